The predicted molar refractivity (Wildman–Crippen MR) is 66.0 cm³/mol. The summed E-state index contributed by atoms with van der Waals surface area (Å²) in [7, 11) is -10.2. The third-order valence-corrected chi connectivity index (χ3v) is 4.49. The van der Waals surface area contributed by atoms with Crippen LogP contribution in [0.2, 0.25) is 0 Å². The molecule has 0 radical (unpaired) electrons. The highest BCUT2D eigenvalue weighted by atomic mass is 32.3. The molecule has 2 N–H and O–H groups in total. The maximum absolute atomic E-state index is 11.1. The predicted octanol–water partition coefficient (Wildman–Crippen LogP) is 1.05. The zero-order chi connectivity index (χ0) is 14.0. The van der Waals surface area contributed by atoms with Crippen LogP contribution in [0.1, 0.15) is 18.9 Å². The van der Waals surface area contributed by atoms with E-state index in [9.17, 15) is 16.8 Å². The zero-order valence-electron chi connectivity index (χ0n) is 9.51. The molecule has 0 heterocycles. The van der Waals surface area contributed by atoms with Crippen LogP contribution >= 0.6 is 0 Å². The standard InChI is InChI=1S/C9H13NO6S2/c1-2-5-8-6-3-4-7-9(8)10(17(11,12)13)18(14,15)16/h3-4,6-7H,2,5H2,1H3,(H,11,12,13)(H,14,15,16). The molecule has 0 saturated carbocycles. The van der Waals surface area contributed by atoms with Gasteiger partial charge < -0.3 is 0 Å². The van der Waals surface area contributed by atoms with Gasteiger partial charge in [0.15, 0.2) is 0 Å². The molecule has 0 aromatic heterocycles. The molecule has 1 aromatic carbocycles. The van der Waals surface area contributed by atoms with Crippen molar-refractivity contribution in [3.63, 3.8) is 0 Å². The molecule has 102 valence electrons. The summed E-state index contributed by atoms with van der Waals surface area (Å²) >= 11 is 0. The van der Waals surface area contributed by atoms with Crippen LogP contribution in [0.25, 0.3) is 0 Å². The molecule has 9 heteroatoms. The highest BCUT2D eigenvalue weighted by molar-refractivity contribution is 8.05. The Morgan fingerprint density at radius 2 is 1.56 bits per heavy atom. The number of rotatable bonds is 5. The second-order valence-corrected chi connectivity index (χ2v) is 6.28. The number of benzene rings is 1. The Morgan fingerprint density at radius 3 is 2.00 bits per heavy atom. The van der Waals surface area contributed by atoms with Gasteiger partial charge in [0.05, 0.1) is 5.69 Å². The quantitative estimate of drug-likeness (QED) is 0.785. The zero-order valence-corrected chi connectivity index (χ0v) is 11.1. The summed E-state index contributed by atoms with van der Waals surface area (Å²) < 4.78 is 61.7. The molecule has 7 nitrogen and oxygen atoms in total. The van der Waals surface area contributed by atoms with Crippen molar-refractivity contribution >= 4 is 26.3 Å². The lowest BCUT2D eigenvalue weighted by atomic mass is 10.1. The maximum Gasteiger partial charge on any atom is 0.375 e. The molecule has 1 aromatic rings. The van der Waals surface area contributed by atoms with Gasteiger partial charge in [-0.25, -0.2) is 0 Å². The van der Waals surface area contributed by atoms with Gasteiger partial charge in [-0.05, 0) is 18.1 Å². The van der Waals surface area contributed by atoms with Crippen LogP contribution in [0.4, 0.5) is 5.69 Å². The lowest BCUT2D eigenvalue weighted by Crippen LogP contribution is -2.36. The molecule has 0 aliphatic rings. The minimum atomic E-state index is -5.12. The minimum Gasteiger partial charge on any atom is -0.268 e. The first-order valence-corrected chi connectivity index (χ1v) is 7.80. The fourth-order valence-electron chi connectivity index (χ4n) is 1.54. The summed E-state index contributed by atoms with van der Waals surface area (Å²) in [5, 5.41) is 0. The number of nitrogens with zero attached hydrogens (tertiary/aromatic N) is 1. The second-order valence-electron chi connectivity index (χ2n) is 3.53. The lowest BCUT2D eigenvalue weighted by Gasteiger charge is -2.19. The molecule has 1 rings (SSSR count). The first-order valence-electron chi connectivity index (χ1n) is 5.01. The summed E-state index contributed by atoms with van der Waals surface area (Å²) in [6, 6.07) is 5.70. The molecule has 0 atom stereocenters. The van der Waals surface area contributed by atoms with Gasteiger partial charge in [0.1, 0.15) is 0 Å². The van der Waals surface area contributed by atoms with E-state index >= 15 is 0 Å². The monoisotopic (exact) mass is 295 g/mol. The molecule has 0 aliphatic carbocycles. The van der Waals surface area contributed by atoms with Crippen molar-refractivity contribution in [2.45, 2.75) is 19.8 Å². The Kier molecular flexibility index (Phi) is 4.32. The topological polar surface area (TPSA) is 112 Å². The van der Waals surface area contributed by atoms with Crippen LogP contribution in [0.15, 0.2) is 24.3 Å². The fraction of sp³-hybridized carbons (Fsp3) is 0.333. The highest BCUT2D eigenvalue weighted by Gasteiger charge is 2.32. The van der Waals surface area contributed by atoms with Crippen molar-refractivity contribution in [3.05, 3.63) is 29.8 Å². The van der Waals surface area contributed by atoms with E-state index in [-0.39, 0.29) is 5.69 Å². The minimum absolute atomic E-state index is 0.288. The van der Waals surface area contributed by atoms with Crippen LogP contribution in [0.3, 0.4) is 0 Å². The molecular weight excluding hydrogens is 282 g/mol. The van der Waals surface area contributed by atoms with Gasteiger partial charge in [-0.1, -0.05) is 31.5 Å². The van der Waals surface area contributed by atoms with E-state index < -0.39 is 24.3 Å². The molecule has 0 saturated heterocycles. The Bertz CT molecular complexity index is 590. The van der Waals surface area contributed by atoms with E-state index in [1.807, 2.05) is 6.92 Å². The van der Waals surface area contributed by atoms with Crippen LogP contribution in [0, 0.1) is 0 Å². The summed E-state index contributed by atoms with van der Waals surface area (Å²) in [6.45, 7) is 1.82. The summed E-state index contributed by atoms with van der Waals surface area (Å²) in [6.07, 6.45) is 1.04. The number of para-hydroxylation sites is 1. The fourth-order valence-corrected chi connectivity index (χ4v) is 3.34. The Labute approximate surface area is 106 Å². The van der Waals surface area contributed by atoms with Crippen LogP contribution in [-0.4, -0.2) is 25.9 Å². The first kappa shape index (κ1) is 14.9. The summed E-state index contributed by atoms with van der Waals surface area (Å²) in [5.41, 5.74) is 0.0969. The van der Waals surface area contributed by atoms with Crippen molar-refractivity contribution in [2.24, 2.45) is 0 Å². The van der Waals surface area contributed by atoms with E-state index in [1.54, 1.807) is 6.07 Å². The maximum atomic E-state index is 11.1. The summed E-state index contributed by atoms with van der Waals surface area (Å²) in [4.78, 5) is 0. The smallest absolute Gasteiger partial charge is 0.268 e. The number of anilines is 1. The molecule has 0 unspecified atom stereocenters. The van der Waals surface area contributed by atoms with Gasteiger partial charge in [-0.15, -0.1) is 3.71 Å². The number of aryl methyl sites for hydroxylation is 1. The van der Waals surface area contributed by atoms with Crippen LogP contribution in [0.5, 0.6) is 0 Å². The molecule has 0 aliphatic heterocycles. The van der Waals surface area contributed by atoms with E-state index in [4.69, 9.17) is 9.11 Å². The Balaban J connectivity index is 3.50. The Morgan fingerprint density at radius 1 is 1.06 bits per heavy atom. The lowest BCUT2D eigenvalue weighted by molar-refractivity contribution is 0.465. The van der Waals surface area contributed by atoms with Gasteiger partial charge in [-0.2, -0.15) is 16.8 Å². The number of hydrogen-bond acceptors (Lipinski definition) is 4. The van der Waals surface area contributed by atoms with Gasteiger partial charge in [0.25, 0.3) is 0 Å². The van der Waals surface area contributed by atoms with Crippen molar-refractivity contribution < 1.29 is 25.9 Å². The van der Waals surface area contributed by atoms with Gasteiger partial charge in [-0.3, -0.25) is 9.11 Å². The van der Waals surface area contributed by atoms with Gasteiger partial charge >= 0.3 is 20.6 Å². The van der Waals surface area contributed by atoms with Gasteiger partial charge in [0, 0.05) is 0 Å². The second kappa shape index (κ2) is 5.22. The molecule has 0 fully saturated rings. The van der Waals surface area contributed by atoms with Crippen LogP contribution in [-0.2, 0) is 27.0 Å². The molecule has 0 amide bonds. The van der Waals surface area contributed by atoms with E-state index in [2.05, 4.69) is 0 Å². The Hall–Kier alpha value is -1.16. The number of hydrogen-bond donors (Lipinski definition) is 2. The largest absolute Gasteiger partial charge is 0.375 e. The SMILES string of the molecule is CCCc1ccccc1N(S(=O)(=O)O)S(=O)(=O)O. The van der Waals surface area contributed by atoms with Crippen LogP contribution < -0.4 is 3.71 Å². The molecule has 18 heavy (non-hydrogen) atoms. The third kappa shape index (κ3) is 3.42. The van der Waals surface area contributed by atoms with Crippen molar-refractivity contribution in [1.82, 2.24) is 0 Å². The van der Waals surface area contributed by atoms with Gasteiger partial charge in [0.2, 0.25) is 0 Å². The highest BCUT2D eigenvalue weighted by Crippen LogP contribution is 2.26. The molecule has 0 spiro atoms. The first-order chi connectivity index (χ1) is 8.18. The van der Waals surface area contributed by atoms with Crippen molar-refractivity contribution in [2.75, 3.05) is 3.71 Å². The molecular formula is C9H13NO6S2. The average Bonchev–Trinajstić information content (AvgIpc) is 2.17. The summed E-state index contributed by atoms with van der Waals surface area (Å²) in [5.74, 6) is 0. The van der Waals surface area contributed by atoms with E-state index in [0.29, 0.717) is 18.4 Å². The van der Waals surface area contributed by atoms with E-state index in [1.165, 1.54) is 18.2 Å². The van der Waals surface area contributed by atoms with Crippen molar-refractivity contribution in [3.8, 4) is 0 Å². The average molecular weight is 295 g/mol. The third-order valence-electron chi connectivity index (χ3n) is 2.13. The molecule has 0 bridgehead atoms. The van der Waals surface area contributed by atoms with E-state index in [0.717, 1.165) is 0 Å². The normalized spacial score (nSPS) is 12.4. The van der Waals surface area contributed by atoms with Crippen molar-refractivity contribution in [1.29, 1.82) is 0 Å².